The first-order chi connectivity index (χ1) is 6.24. The Hall–Kier alpha value is -0.730. The third kappa shape index (κ3) is 3.25. The van der Waals surface area contributed by atoms with Crippen LogP contribution in [-0.4, -0.2) is 25.3 Å². The van der Waals surface area contributed by atoms with Crippen LogP contribution in [0.1, 0.15) is 6.42 Å². The topological polar surface area (TPSA) is 23.5 Å². The molecule has 71 valence electrons. The van der Waals surface area contributed by atoms with Crippen LogP contribution in [0.15, 0.2) is 18.2 Å². The van der Waals surface area contributed by atoms with Gasteiger partial charge in [-0.25, -0.2) is 0 Å². The summed E-state index contributed by atoms with van der Waals surface area (Å²) in [6.45, 7) is 1.05. The third-order valence-corrected chi connectivity index (χ3v) is 2.06. The van der Waals surface area contributed by atoms with Crippen LogP contribution in [0.25, 0.3) is 0 Å². The fourth-order valence-electron chi connectivity index (χ4n) is 1.06. The number of benzene rings is 1. The van der Waals surface area contributed by atoms with E-state index in [0.717, 1.165) is 18.7 Å². The van der Waals surface area contributed by atoms with Crippen molar-refractivity contribution in [3.63, 3.8) is 0 Å². The van der Waals surface area contributed by atoms with E-state index in [-0.39, 0.29) is 6.61 Å². The second-order valence-corrected chi connectivity index (χ2v) is 3.33. The van der Waals surface area contributed by atoms with Gasteiger partial charge in [-0.3, -0.25) is 0 Å². The zero-order valence-electron chi connectivity index (χ0n) is 7.63. The first-order valence-corrected chi connectivity index (χ1v) is 4.61. The summed E-state index contributed by atoms with van der Waals surface area (Å²) in [7, 11) is 1.97. The van der Waals surface area contributed by atoms with E-state index in [4.69, 9.17) is 16.7 Å². The van der Waals surface area contributed by atoms with Gasteiger partial charge in [0.15, 0.2) is 0 Å². The first-order valence-electron chi connectivity index (χ1n) is 4.23. The second kappa shape index (κ2) is 5.10. The van der Waals surface area contributed by atoms with Gasteiger partial charge < -0.3 is 10.0 Å². The van der Waals surface area contributed by atoms with Crippen molar-refractivity contribution in [2.45, 2.75) is 6.42 Å². The maximum Gasteiger partial charge on any atom is 0.0447 e. The second-order valence-electron chi connectivity index (χ2n) is 2.89. The maximum atomic E-state index is 8.65. The van der Waals surface area contributed by atoms with E-state index in [1.54, 1.807) is 6.07 Å². The molecule has 1 radical (unpaired) electrons. The lowest BCUT2D eigenvalue weighted by molar-refractivity contribution is 0.290. The van der Waals surface area contributed by atoms with Crippen molar-refractivity contribution in [2.24, 2.45) is 0 Å². The molecule has 0 heterocycles. The molecule has 0 bridgehead atoms. The maximum absolute atomic E-state index is 8.65. The molecular weight excluding hydrogens is 186 g/mol. The van der Waals surface area contributed by atoms with Crippen molar-refractivity contribution < 1.29 is 5.11 Å². The SMILES string of the molecule is CN(CCCO)c1[c]cc(Cl)cc1. The van der Waals surface area contributed by atoms with E-state index in [1.165, 1.54) is 0 Å². The third-order valence-electron chi connectivity index (χ3n) is 1.82. The van der Waals surface area contributed by atoms with Gasteiger partial charge in [-0.05, 0) is 24.6 Å². The summed E-state index contributed by atoms with van der Waals surface area (Å²) in [5, 5.41) is 9.34. The number of aliphatic hydroxyl groups excluding tert-OH is 1. The van der Waals surface area contributed by atoms with E-state index in [0.29, 0.717) is 5.02 Å². The Morgan fingerprint density at radius 1 is 1.54 bits per heavy atom. The number of halogens is 1. The molecule has 3 heteroatoms. The Bertz CT molecular complexity index is 248. The predicted molar refractivity (Wildman–Crippen MR) is 55.3 cm³/mol. The van der Waals surface area contributed by atoms with Crippen LogP contribution in [0, 0.1) is 6.07 Å². The lowest BCUT2D eigenvalue weighted by Crippen LogP contribution is -2.19. The molecule has 0 atom stereocenters. The molecule has 13 heavy (non-hydrogen) atoms. The van der Waals surface area contributed by atoms with Crippen LogP contribution in [0.2, 0.25) is 5.02 Å². The van der Waals surface area contributed by atoms with Crippen molar-refractivity contribution in [3.05, 3.63) is 29.3 Å². The molecule has 1 N–H and O–H groups in total. The molecule has 0 saturated heterocycles. The Labute approximate surface area is 83.7 Å². The van der Waals surface area contributed by atoms with Crippen molar-refractivity contribution in [3.8, 4) is 0 Å². The van der Waals surface area contributed by atoms with Gasteiger partial charge in [0.25, 0.3) is 0 Å². The Morgan fingerprint density at radius 3 is 2.85 bits per heavy atom. The Kier molecular flexibility index (Phi) is 4.06. The molecule has 1 aromatic carbocycles. The highest BCUT2D eigenvalue weighted by Crippen LogP contribution is 2.15. The van der Waals surface area contributed by atoms with Gasteiger partial charge in [-0.15, -0.1) is 0 Å². The number of rotatable bonds is 4. The molecule has 0 aromatic heterocycles. The molecule has 0 aliphatic rings. The van der Waals surface area contributed by atoms with E-state index in [1.807, 2.05) is 24.1 Å². The highest BCUT2D eigenvalue weighted by molar-refractivity contribution is 6.30. The molecule has 0 aliphatic heterocycles. The average molecular weight is 199 g/mol. The quantitative estimate of drug-likeness (QED) is 0.800. The summed E-state index contributed by atoms with van der Waals surface area (Å²) in [5.74, 6) is 0. The van der Waals surface area contributed by atoms with Crippen molar-refractivity contribution in [1.29, 1.82) is 0 Å². The van der Waals surface area contributed by atoms with E-state index in [9.17, 15) is 0 Å². The molecule has 0 unspecified atom stereocenters. The standard InChI is InChI=1S/C10H13ClNO/c1-12(7-2-8-13)10-5-3-9(11)4-6-10/h3-5,13H,2,7-8H2,1H3. The van der Waals surface area contributed by atoms with Gasteiger partial charge >= 0.3 is 0 Å². The van der Waals surface area contributed by atoms with Crippen molar-refractivity contribution >= 4 is 17.3 Å². The van der Waals surface area contributed by atoms with E-state index < -0.39 is 0 Å². The lowest BCUT2D eigenvalue weighted by atomic mass is 10.3. The van der Waals surface area contributed by atoms with Crippen LogP contribution in [-0.2, 0) is 0 Å². The monoisotopic (exact) mass is 198 g/mol. The lowest BCUT2D eigenvalue weighted by Gasteiger charge is -2.18. The fourth-order valence-corrected chi connectivity index (χ4v) is 1.18. The van der Waals surface area contributed by atoms with Gasteiger partial charge in [-0.2, -0.15) is 0 Å². The van der Waals surface area contributed by atoms with Gasteiger partial charge in [0.2, 0.25) is 0 Å². The number of hydrogen-bond donors (Lipinski definition) is 1. The summed E-state index contributed by atoms with van der Waals surface area (Å²) in [6.07, 6.45) is 0.771. The van der Waals surface area contributed by atoms with Crippen molar-refractivity contribution in [2.75, 3.05) is 25.1 Å². The number of hydrogen-bond acceptors (Lipinski definition) is 2. The number of anilines is 1. The molecule has 0 saturated carbocycles. The van der Waals surface area contributed by atoms with E-state index >= 15 is 0 Å². The van der Waals surface area contributed by atoms with E-state index in [2.05, 4.69) is 6.07 Å². The number of nitrogens with zero attached hydrogens (tertiary/aromatic N) is 1. The molecule has 1 rings (SSSR count). The molecule has 2 nitrogen and oxygen atoms in total. The highest BCUT2D eigenvalue weighted by Gasteiger charge is 1.99. The molecule has 0 aliphatic carbocycles. The summed E-state index contributed by atoms with van der Waals surface area (Å²) in [5.41, 5.74) is 0.998. The summed E-state index contributed by atoms with van der Waals surface area (Å²) in [6, 6.07) is 8.55. The Morgan fingerprint density at radius 2 is 2.31 bits per heavy atom. The van der Waals surface area contributed by atoms with Crippen LogP contribution >= 0.6 is 11.6 Å². The zero-order valence-corrected chi connectivity index (χ0v) is 8.38. The van der Waals surface area contributed by atoms with Crippen LogP contribution in [0.4, 0.5) is 5.69 Å². The van der Waals surface area contributed by atoms with Crippen LogP contribution in [0.5, 0.6) is 0 Å². The first kappa shape index (κ1) is 10.4. The molecular formula is C10H13ClNO. The fraction of sp³-hybridized carbons (Fsp3) is 0.400. The summed E-state index contributed by atoms with van der Waals surface area (Å²) in [4.78, 5) is 2.03. The molecule has 1 aromatic rings. The highest BCUT2D eigenvalue weighted by atomic mass is 35.5. The molecule has 0 amide bonds. The largest absolute Gasteiger partial charge is 0.396 e. The summed E-state index contributed by atoms with van der Waals surface area (Å²) < 4.78 is 0. The summed E-state index contributed by atoms with van der Waals surface area (Å²) >= 11 is 5.73. The molecule has 0 spiro atoms. The van der Waals surface area contributed by atoms with Gasteiger partial charge in [-0.1, -0.05) is 11.6 Å². The minimum absolute atomic E-state index is 0.220. The van der Waals surface area contributed by atoms with Crippen LogP contribution < -0.4 is 4.90 Å². The number of aliphatic hydroxyl groups is 1. The minimum Gasteiger partial charge on any atom is -0.396 e. The zero-order chi connectivity index (χ0) is 9.68. The van der Waals surface area contributed by atoms with Crippen molar-refractivity contribution in [1.82, 2.24) is 0 Å². The van der Waals surface area contributed by atoms with Crippen LogP contribution in [0.3, 0.4) is 0 Å². The Balaban J connectivity index is 2.55. The molecule has 0 fully saturated rings. The van der Waals surface area contributed by atoms with Gasteiger partial charge in [0.1, 0.15) is 0 Å². The van der Waals surface area contributed by atoms with Gasteiger partial charge in [0, 0.05) is 37.0 Å². The smallest absolute Gasteiger partial charge is 0.0447 e. The average Bonchev–Trinajstić information content (AvgIpc) is 2.15. The predicted octanol–water partition coefficient (Wildman–Crippen LogP) is 1.96. The minimum atomic E-state index is 0.220. The van der Waals surface area contributed by atoms with Gasteiger partial charge in [0.05, 0.1) is 0 Å². The normalized spacial score (nSPS) is 10.1.